The molecule has 0 aliphatic rings. The van der Waals surface area contributed by atoms with Gasteiger partial charge in [0.1, 0.15) is 0 Å². The van der Waals surface area contributed by atoms with Gasteiger partial charge in [-0.1, -0.05) is 56.2 Å². The molecule has 0 saturated heterocycles. The van der Waals surface area contributed by atoms with Crippen molar-refractivity contribution in [3.63, 3.8) is 0 Å². The van der Waals surface area contributed by atoms with E-state index in [1.807, 2.05) is 6.08 Å². The molecule has 19 heavy (non-hydrogen) atoms. The van der Waals surface area contributed by atoms with E-state index >= 15 is 0 Å². The molecule has 0 rings (SSSR count). The number of allylic oxidation sites excluding steroid dienone is 4. The number of carboxylic acid groups (broad SMARTS) is 1. The number of hydrogen-bond donors (Lipinski definition) is 2. The third kappa shape index (κ3) is 14.6. The molecule has 0 aliphatic heterocycles. The van der Waals surface area contributed by atoms with Crippen LogP contribution in [0.15, 0.2) is 36.5 Å². The summed E-state index contributed by atoms with van der Waals surface area (Å²) in [6.07, 6.45) is 16.8. The Bertz CT molecular complexity index is 303. The molecule has 0 aliphatic carbocycles. The van der Waals surface area contributed by atoms with E-state index in [0.717, 1.165) is 6.42 Å². The fraction of sp³-hybridized carbons (Fsp3) is 0.562. The summed E-state index contributed by atoms with van der Waals surface area (Å²) in [6, 6.07) is 0. The van der Waals surface area contributed by atoms with Gasteiger partial charge in [0.15, 0.2) is 0 Å². The van der Waals surface area contributed by atoms with Crippen LogP contribution in [0.2, 0.25) is 0 Å². The molecule has 1 atom stereocenters. The van der Waals surface area contributed by atoms with Gasteiger partial charge in [0.25, 0.3) is 0 Å². The Balaban J connectivity index is 3.61. The molecule has 0 saturated carbocycles. The van der Waals surface area contributed by atoms with Gasteiger partial charge in [-0.3, -0.25) is 4.79 Å². The van der Waals surface area contributed by atoms with Crippen LogP contribution in [0.25, 0.3) is 0 Å². The summed E-state index contributed by atoms with van der Waals surface area (Å²) < 4.78 is 0. The maximum absolute atomic E-state index is 10.3. The summed E-state index contributed by atoms with van der Waals surface area (Å²) >= 11 is 0. The number of hydrogen-bond acceptors (Lipinski definition) is 2. The highest BCUT2D eigenvalue weighted by Gasteiger charge is 1.93. The normalized spacial score (nSPS) is 13.8. The fourth-order valence-corrected chi connectivity index (χ4v) is 1.52. The molecular formula is C16H26O3. The molecule has 0 bridgehead atoms. The SMILES string of the molecule is CCCCC/C=C\C[C@H](O)/C=C\C=C\CCC(=O)O. The van der Waals surface area contributed by atoms with Crippen molar-refractivity contribution in [2.75, 3.05) is 0 Å². The lowest BCUT2D eigenvalue weighted by Crippen LogP contribution is -1.98. The molecule has 0 aromatic rings. The van der Waals surface area contributed by atoms with Gasteiger partial charge in [0, 0.05) is 6.42 Å². The van der Waals surface area contributed by atoms with Crippen LogP contribution >= 0.6 is 0 Å². The molecule has 0 radical (unpaired) electrons. The van der Waals surface area contributed by atoms with Crippen molar-refractivity contribution in [1.82, 2.24) is 0 Å². The maximum Gasteiger partial charge on any atom is 0.303 e. The van der Waals surface area contributed by atoms with Crippen LogP contribution in [-0.2, 0) is 4.79 Å². The van der Waals surface area contributed by atoms with Crippen LogP contribution in [0.4, 0.5) is 0 Å². The summed E-state index contributed by atoms with van der Waals surface area (Å²) in [5, 5.41) is 18.1. The standard InChI is InChI=1S/C16H26O3/c1-2-3-4-5-6-9-12-15(17)13-10-7-8-11-14-16(18)19/h6-10,13,15,17H,2-5,11-12,14H2,1H3,(H,18,19)/b8-7+,9-6-,13-10-/t15-/m0/s1. The predicted octanol–water partition coefficient (Wildman–Crippen LogP) is 3.85. The van der Waals surface area contributed by atoms with E-state index in [1.165, 1.54) is 19.3 Å². The first kappa shape index (κ1) is 17.6. The molecule has 3 heteroatoms. The topological polar surface area (TPSA) is 57.5 Å². The summed E-state index contributed by atoms with van der Waals surface area (Å²) in [4.78, 5) is 10.3. The first-order chi connectivity index (χ1) is 9.16. The fourth-order valence-electron chi connectivity index (χ4n) is 1.52. The molecular weight excluding hydrogens is 240 g/mol. The Hall–Kier alpha value is -1.35. The van der Waals surface area contributed by atoms with Crippen molar-refractivity contribution in [1.29, 1.82) is 0 Å². The lowest BCUT2D eigenvalue weighted by atomic mass is 10.1. The number of aliphatic hydroxyl groups is 1. The van der Waals surface area contributed by atoms with E-state index in [0.29, 0.717) is 12.8 Å². The smallest absolute Gasteiger partial charge is 0.303 e. The van der Waals surface area contributed by atoms with E-state index in [9.17, 15) is 9.90 Å². The van der Waals surface area contributed by atoms with Crippen molar-refractivity contribution >= 4 is 5.97 Å². The Kier molecular flexibility index (Phi) is 12.2. The van der Waals surface area contributed by atoms with Crippen molar-refractivity contribution in [2.24, 2.45) is 0 Å². The quantitative estimate of drug-likeness (QED) is 0.339. The van der Waals surface area contributed by atoms with Gasteiger partial charge in [0.05, 0.1) is 6.10 Å². The average molecular weight is 266 g/mol. The molecule has 0 spiro atoms. The summed E-state index contributed by atoms with van der Waals surface area (Å²) in [5.74, 6) is -0.790. The zero-order chi connectivity index (χ0) is 14.3. The van der Waals surface area contributed by atoms with Gasteiger partial charge in [-0.05, 0) is 25.7 Å². The minimum atomic E-state index is -0.790. The van der Waals surface area contributed by atoms with Crippen LogP contribution in [0, 0.1) is 0 Å². The summed E-state index contributed by atoms with van der Waals surface area (Å²) in [5.41, 5.74) is 0. The zero-order valence-electron chi connectivity index (χ0n) is 11.8. The van der Waals surface area contributed by atoms with Gasteiger partial charge in [-0.25, -0.2) is 0 Å². The van der Waals surface area contributed by atoms with Crippen molar-refractivity contribution < 1.29 is 15.0 Å². The number of carboxylic acids is 1. The first-order valence-electron chi connectivity index (χ1n) is 7.05. The van der Waals surface area contributed by atoms with E-state index in [4.69, 9.17) is 5.11 Å². The molecule has 0 aromatic carbocycles. The number of unbranched alkanes of at least 4 members (excludes halogenated alkanes) is 3. The molecule has 0 heterocycles. The summed E-state index contributed by atoms with van der Waals surface area (Å²) in [7, 11) is 0. The minimum Gasteiger partial charge on any atom is -0.481 e. The minimum absolute atomic E-state index is 0.146. The molecule has 0 amide bonds. The van der Waals surface area contributed by atoms with E-state index < -0.39 is 12.1 Å². The highest BCUT2D eigenvalue weighted by Crippen LogP contribution is 2.02. The monoisotopic (exact) mass is 266 g/mol. The van der Waals surface area contributed by atoms with Gasteiger partial charge in [0.2, 0.25) is 0 Å². The van der Waals surface area contributed by atoms with E-state index in [1.54, 1.807) is 24.3 Å². The third-order valence-corrected chi connectivity index (χ3v) is 2.62. The van der Waals surface area contributed by atoms with E-state index in [-0.39, 0.29) is 6.42 Å². The van der Waals surface area contributed by atoms with E-state index in [2.05, 4.69) is 13.0 Å². The second kappa shape index (κ2) is 13.1. The molecule has 108 valence electrons. The predicted molar refractivity (Wildman–Crippen MR) is 79.1 cm³/mol. The number of rotatable bonds is 11. The Morgan fingerprint density at radius 3 is 2.58 bits per heavy atom. The maximum atomic E-state index is 10.3. The summed E-state index contributed by atoms with van der Waals surface area (Å²) in [6.45, 7) is 2.18. The Morgan fingerprint density at radius 1 is 1.11 bits per heavy atom. The second-order valence-corrected chi connectivity index (χ2v) is 4.52. The van der Waals surface area contributed by atoms with Gasteiger partial charge in [-0.15, -0.1) is 0 Å². The van der Waals surface area contributed by atoms with Crippen LogP contribution < -0.4 is 0 Å². The number of aliphatic carboxylic acids is 1. The van der Waals surface area contributed by atoms with Crippen molar-refractivity contribution in [2.45, 2.75) is 58.0 Å². The lowest BCUT2D eigenvalue weighted by molar-refractivity contribution is -0.136. The Labute approximate surface area is 116 Å². The number of carbonyl (C=O) groups is 1. The van der Waals surface area contributed by atoms with Crippen LogP contribution in [0.3, 0.4) is 0 Å². The Morgan fingerprint density at radius 2 is 1.89 bits per heavy atom. The second-order valence-electron chi connectivity index (χ2n) is 4.52. The molecule has 3 nitrogen and oxygen atoms in total. The molecule has 0 unspecified atom stereocenters. The van der Waals surface area contributed by atoms with Crippen LogP contribution in [-0.4, -0.2) is 22.3 Å². The van der Waals surface area contributed by atoms with Crippen LogP contribution in [0.5, 0.6) is 0 Å². The molecule has 2 N–H and O–H groups in total. The van der Waals surface area contributed by atoms with Crippen LogP contribution in [0.1, 0.15) is 51.9 Å². The van der Waals surface area contributed by atoms with Crippen molar-refractivity contribution in [3.05, 3.63) is 36.5 Å². The lowest BCUT2D eigenvalue weighted by Gasteiger charge is -1.99. The zero-order valence-corrected chi connectivity index (χ0v) is 11.8. The largest absolute Gasteiger partial charge is 0.481 e. The average Bonchev–Trinajstić information content (AvgIpc) is 2.37. The van der Waals surface area contributed by atoms with Gasteiger partial charge < -0.3 is 10.2 Å². The number of aliphatic hydroxyl groups excluding tert-OH is 1. The van der Waals surface area contributed by atoms with Gasteiger partial charge in [-0.2, -0.15) is 0 Å². The third-order valence-electron chi connectivity index (χ3n) is 2.62. The van der Waals surface area contributed by atoms with Crippen molar-refractivity contribution in [3.8, 4) is 0 Å². The highest BCUT2D eigenvalue weighted by molar-refractivity contribution is 5.66. The van der Waals surface area contributed by atoms with Gasteiger partial charge >= 0.3 is 5.97 Å². The first-order valence-corrected chi connectivity index (χ1v) is 7.05. The molecule has 0 aromatic heterocycles. The molecule has 0 fully saturated rings. The highest BCUT2D eigenvalue weighted by atomic mass is 16.4.